The fraction of sp³-hybridized carbons (Fsp3) is 0.222. The van der Waals surface area contributed by atoms with Crippen LogP contribution in [0.15, 0.2) is 42.5 Å². The number of methoxy groups -OCH3 is 1. The van der Waals surface area contributed by atoms with E-state index >= 15 is 0 Å². The predicted molar refractivity (Wildman–Crippen MR) is 89.4 cm³/mol. The Labute approximate surface area is 139 Å². The molecule has 1 aliphatic rings. The minimum absolute atomic E-state index is 0.0461. The van der Waals surface area contributed by atoms with Crippen molar-refractivity contribution in [3.63, 3.8) is 0 Å². The normalized spacial score (nSPS) is 16.0. The van der Waals surface area contributed by atoms with Crippen LogP contribution in [0.5, 0.6) is 5.75 Å². The lowest BCUT2D eigenvalue weighted by Crippen LogP contribution is -2.26. The zero-order chi connectivity index (χ0) is 17.3. The van der Waals surface area contributed by atoms with Crippen molar-refractivity contribution in [2.75, 3.05) is 12.4 Å². The molecule has 0 spiro atoms. The first kappa shape index (κ1) is 15.9. The van der Waals surface area contributed by atoms with Crippen molar-refractivity contribution in [1.82, 2.24) is 4.90 Å². The summed E-state index contributed by atoms with van der Waals surface area (Å²) in [6.07, 6.45) is -1.12. The van der Waals surface area contributed by atoms with Gasteiger partial charge < -0.3 is 14.7 Å². The molecule has 0 fully saturated rings. The molecule has 0 aliphatic carbocycles. The molecule has 3 rings (SSSR count). The van der Waals surface area contributed by atoms with Gasteiger partial charge in [0.05, 0.1) is 13.2 Å². The number of carboxylic acid groups (broad SMARTS) is 1. The van der Waals surface area contributed by atoms with Gasteiger partial charge in [0.2, 0.25) is 0 Å². The van der Waals surface area contributed by atoms with Gasteiger partial charge in [0, 0.05) is 17.8 Å². The third-order valence-corrected chi connectivity index (χ3v) is 4.22. The SMILES string of the molecule is COc1ccc(CN2C(=O)c3ccc(NC(=O)O)cc3C2C)cc1. The van der Waals surface area contributed by atoms with Crippen molar-refractivity contribution >= 4 is 17.7 Å². The second-order valence-electron chi connectivity index (χ2n) is 5.69. The van der Waals surface area contributed by atoms with Gasteiger partial charge in [-0.05, 0) is 48.4 Å². The first-order valence-electron chi connectivity index (χ1n) is 7.57. The molecule has 1 heterocycles. The van der Waals surface area contributed by atoms with Crippen molar-refractivity contribution in [1.29, 1.82) is 0 Å². The summed E-state index contributed by atoms with van der Waals surface area (Å²) in [6.45, 7) is 2.43. The van der Waals surface area contributed by atoms with E-state index in [0.29, 0.717) is 17.8 Å². The first-order chi connectivity index (χ1) is 11.5. The van der Waals surface area contributed by atoms with E-state index in [1.807, 2.05) is 31.2 Å². The molecule has 0 bridgehead atoms. The number of nitrogens with one attached hydrogen (secondary N) is 1. The maximum Gasteiger partial charge on any atom is 0.409 e. The van der Waals surface area contributed by atoms with Gasteiger partial charge in [-0.2, -0.15) is 0 Å². The van der Waals surface area contributed by atoms with Gasteiger partial charge in [0.15, 0.2) is 0 Å². The van der Waals surface area contributed by atoms with Gasteiger partial charge in [-0.25, -0.2) is 4.79 Å². The minimum Gasteiger partial charge on any atom is -0.497 e. The molecule has 124 valence electrons. The van der Waals surface area contributed by atoms with Crippen LogP contribution in [0.25, 0.3) is 0 Å². The number of carbonyl (C=O) groups excluding carboxylic acids is 1. The van der Waals surface area contributed by atoms with E-state index in [4.69, 9.17) is 9.84 Å². The lowest BCUT2D eigenvalue weighted by Gasteiger charge is -2.22. The number of amides is 2. The summed E-state index contributed by atoms with van der Waals surface area (Å²) in [4.78, 5) is 25.2. The topological polar surface area (TPSA) is 78.9 Å². The van der Waals surface area contributed by atoms with Gasteiger partial charge >= 0.3 is 6.09 Å². The Morgan fingerprint density at radius 2 is 1.96 bits per heavy atom. The lowest BCUT2D eigenvalue weighted by molar-refractivity contribution is 0.0723. The van der Waals surface area contributed by atoms with Gasteiger partial charge in [-0.3, -0.25) is 10.1 Å². The van der Waals surface area contributed by atoms with E-state index in [1.54, 1.807) is 30.2 Å². The number of hydrogen-bond donors (Lipinski definition) is 2. The van der Waals surface area contributed by atoms with Crippen molar-refractivity contribution in [2.24, 2.45) is 0 Å². The fourth-order valence-corrected chi connectivity index (χ4v) is 2.94. The smallest absolute Gasteiger partial charge is 0.409 e. The molecule has 0 saturated heterocycles. The molecular weight excluding hydrogens is 308 g/mol. The highest BCUT2D eigenvalue weighted by atomic mass is 16.5. The number of hydrogen-bond acceptors (Lipinski definition) is 3. The third kappa shape index (κ3) is 2.90. The maximum absolute atomic E-state index is 12.6. The lowest BCUT2D eigenvalue weighted by atomic mass is 10.0. The molecule has 2 aromatic rings. The largest absolute Gasteiger partial charge is 0.497 e. The van der Waals surface area contributed by atoms with Crippen LogP contribution in [-0.4, -0.2) is 29.1 Å². The summed E-state index contributed by atoms with van der Waals surface area (Å²) in [5, 5.41) is 11.1. The van der Waals surface area contributed by atoms with Crippen LogP contribution in [0.1, 0.15) is 34.5 Å². The molecule has 2 amide bonds. The molecule has 2 aromatic carbocycles. The van der Waals surface area contributed by atoms with E-state index in [0.717, 1.165) is 16.9 Å². The second-order valence-corrected chi connectivity index (χ2v) is 5.69. The number of ether oxygens (including phenoxy) is 1. The Kier molecular flexibility index (Phi) is 4.12. The van der Waals surface area contributed by atoms with Crippen LogP contribution in [0, 0.1) is 0 Å². The Bertz CT molecular complexity index is 786. The Hall–Kier alpha value is -3.02. The highest BCUT2D eigenvalue weighted by Crippen LogP contribution is 2.36. The van der Waals surface area contributed by atoms with Crippen LogP contribution >= 0.6 is 0 Å². The number of nitrogens with zero attached hydrogens (tertiary/aromatic N) is 1. The molecule has 1 aliphatic heterocycles. The number of anilines is 1. The van der Waals surface area contributed by atoms with Crippen molar-refractivity contribution in [2.45, 2.75) is 19.5 Å². The van der Waals surface area contributed by atoms with Crippen molar-refractivity contribution < 1.29 is 19.4 Å². The molecule has 1 unspecified atom stereocenters. The highest BCUT2D eigenvalue weighted by Gasteiger charge is 2.33. The summed E-state index contributed by atoms with van der Waals surface area (Å²) in [6, 6.07) is 12.5. The van der Waals surface area contributed by atoms with E-state index in [1.165, 1.54) is 0 Å². The first-order valence-corrected chi connectivity index (χ1v) is 7.57. The summed E-state index contributed by atoms with van der Waals surface area (Å²) in [5.74, 6) is 0.724. The average Bonchev–Trinajstić information content (AvgIpc) is 2.80. The minimum atomic E-state index is -1.12. The second kappa shape index (κ2) is 6.23. The van der Waals surface area contributed by atoms with E-state index in [2.05, 4.69) is 5.32 Å². The van der Waals surface area contributed by atoms with E-state index < -0.39 is 6.09 Å². The van der Waals surface area contributed by atoms with Crippen LogP contribution in [-0.2, 0) is 6.54 Å². The summed E-state index contributed by atoms with van der Waals surface area (Å²) in [5.41, 5.74) is 2.92. The zero-order valence-corrected chi connectivity index (χ0v) is 13.4. The summed E-state index contributed by atoms with van der Waals surface area (Å²) < 4.78 is 5.14. The van der Waals surface area contributed by atoms with Crippen LogP contribution in [0.3, 0.4) is 0 Å². The predicted octanol–water partition coefficient (Wildman–Crippen LogP) is 3.50. The monoisotopic (exact) mass is 326 g/mol. The summed E-state index contributed by atoms with van der Waals surface area (Å²) >= 11 is 0. The molecule has 6 heteroatoms. The van der Waals surface area contributed by atoms with Gasteiger partial charge in [-0.1, -0.05) is 12.1 Å². The van der Waals surface area contributed by atoms with Crippen molar-refractivity contribution in [3.05, 3.63) is 59.2 Å². The van der Waals surface area contributed by atoms with E-state index in [-0.39, 0.29) is 11.9 Å². The van der Waals surface area contributed by atoms with E-state index in [9.17, 15) is 9.59 Å². The Morgan fingerprint density at radius 3 is 2.58 bits per heavy atom. The van der Waals surface area contributed by atoms with Crippen LogP contribution < -0.4 is 10.1 Å². The quantitative estimate of drug-likeness (QED) is 0.901. The van der Waals surface area contributed by atoms with Crippen molar-refractivity contribution in [3.8, 4) is 5.75 Å². The average molecular weight is 326 g/mol. The zero-order valence-electron chi connectivity index (χ0n) is 13.4. The number of carbonyl (C=O) groups is 2. The highest BCUT2D eigenvalue weighted by molar-refractivity contribution is 6.00. The molecule has 0 aromatic heterocycles. The van der Waals surface area contributed by atoms with Crippen LogP contribution in [0.2, 0.25) is 0 Å². The number of rotatable bonds is 4. The fourth-order valence-electron chi connectivity index (χ4n) is 2.94. The number of fused-ring (bicyclic) bond motifs is 1. The molecule has 0 radical (unpaired) electrons. The molecule has 24 heavy (non-hydrogen) atoms. The van der Waals surface area contributed by atoms with Crippen LogP contribution in [0.4, 0.5) is 10.5 Å². The molecular formula is C18H18N2O4. The third-order valence-electron chi connectivity index (χ3n) is 4.22. The van der Waals surface area contributed by atoms with Gasteiger partial charge in [-0.15, -0.1) is 0 Å². The maximum atomic E-state index is 12.6. The number of benzene rings is 2. The molecule has 6 nitrogen and oxygen atoms in total. The van der Waals surface area contributed by atoms with Gasteiger partial charge in [0.1, 0.15) is 5.75 Å². The van der Waals surface area contributed by atoms with Gasteiger partial charge in [0.25, 0.3) is 5.91 Å². The standard InChI is InChI=1S/C18H18N2O4/c1-11-16-9-13(19-18(22)23)5-8-15(16)17(21)20(11)10-12-3-6-14(24-2)7-4-12/h3-9,11,19H,10H2,1-2H3,(H,22,23). The Morgan fingerprint density at radius 1 is 1.25 bits per heavy atom. The molecule has 1 atom stereocenters. The molecule has 2 N–H and O–H groups in total. The Balaban J connectivity index is 1.83. The summed E-state index contributed by atoms with van der Waals surface area (Å²) in [7, 11) is 1.61. The molecule has 0 saturated carbocycles.